The number of aromatic nitrogens is 1. The summed E-state index contributed by atoms with van der Waals surface area (Å²) in [4.78, 5) is 4.83. The lowest BCUT2D eigenvalue weighted by molar-refractivity contribution is 0.415. The van der Waals surface area contributed by atoms with Crippen LogP contribution in [-0.2, 0) is 6.54 Å². The van der Waals surface area contributed by atoms with E-state index in [4.69, 9.17) is 25.7 Å². The molecule has 0 bridgehead atoms. The minimum absolute atomic E-state index is 0.506. The Balaban J connectivity index is 1.70. The van der Waals surface area contributed by atoms with Crippen LogP contribution < -0.4 is 4.74 Å². The molecule has 0 atom stereocenters. The maximum absolute atomic E-state index is 6.42. The number of fused-ring (bicyclic) bond motifs is 4. The number of ether oxygens (including phenoxy) is 1. The predicted octanol–water partition coefficient (Wildman–Crippen LogP) is 5.24. The Morgan fingerprint density at radius 1 is 1.12 bits per heavy atom. The van der Waals surface area contributed by atoms with Crippen molar-refractivity contribution in [2.24, 2.45) is 4.99 Å². The normalized spacial score (nSPS) is 13.1. The van der Waals surface area contributed by atoms with Crippen LogP contribution in [0.15, 0.2) is 70.2 Å². The highest BCUT2D eigenvalue weighted by molar-refractivity contribution is 6.31. The number of rotatable bonds is 2. The van der Waals surface area contributed by atoms with E-state index in [1.54, 1.807) is 7.11 Å². The van der Waals surface area contributed by atoms with Crippen molar-refractivity contribution in [1.82, 2.24) is 4.57 Å². The maximum atomic E-state index is 6.42. The summed E-state index contributed by atoms with van der Waals surface area (Å²) < 4.78 is 13.5. The molecule has 0 aliphatic carbocycles. The van der Waals surface area contributed by atoms with E-state index in [1.807, 2.05) is 54.7 Å². The lowest BCUT2D eigenvalue weighted by Gasteiger charge is -2.10. The molecule has 0 saturated heterocycles. The third-order valence-corrected chi connectivity index (χ3v) is 5.05. The van der Waals surface area contributed by atoms with Gasteiger partial charge in [0, 0.05) is 22.2 Å². The third kappa shape index (κ3) is 2.26. The molecule has 1 aliphatic rings. The second kappa shape index (κ2) is 5.78. The Bertz CT molecular complexity index is 1170. The Hall–Kier alpha value is -2.98. The van der Waals surface area contributed by atoms with E-state index in [0.717, 1.165) is 50.2 Å². The molecule has 4 nitrogen and oxygen atoms in total. The lowest BCUT2D eigenvalue weighted by Crippen LogP contribution is -2.07. The Morgan fingerprint density at radius 3 is 2.92 bits per heavy atom. The average molecular weight is 363 g/mol. The number of hydrogen-bond acceptors (Lipinski definition) is 3. The van der Waals surface area contributed by atoms with Gasteiger partial charge in [0.1, 0.15) is 17.0 Å². The summed E-state index contributed by atoms with van der Waals surface area (Å²) >= 11 is 6.42. The molecule has 0 amide bonds. The number of aliphatic imine (C=N–C) groups is 1. The first-order valence-electron chi connectivity index (χ1n) is 8.32. The molecule has 0 saturated carbocycles. The lowest BCUT2D eigenvalue weighted by atomic mass is 10.1. The van der Waals surface area contributed by atoms with Crippen LogP contribution in [-0.4, -0.2) is 17.4 Å². The third-order valence-electron chi connectivity index (χ3n) is 4.70. The molecule has 5 rings (SSSR count). The smallest absolute Gasteiger partial charge is 0.155 e. The molecule has 1 aliphatic heterocycles. The van der Waals surface area contributed by atoms with Crippen molar-refractivity contribution in [3.05, 3.63) is 82.8 Å². The molecule has 0 radical (unpaired) electrons. The van der Waals surface area contributed by atoms with E-state index in [1.165, 1.54) is 0 Å². The first kappa shape index (κ1) is 15.3. The van der Waals surface area contributed by atoms with Crippen molar-refractivity contribution in [3.63, 3.8) is 0 Å². The van der Waals surface area contributed by atoms with Crippen LogP contribution in [0, 0.1) is 0 Å². The first-order valence-corrected chi connectivity index (χ1v) is 8.70. The number of hydrogen-bond donors (Lipinski definition) is 0. The summed E-state index contributed by atoms with van der Waals surface area (Å²) in [5.74, 6) is 1.53. The van der Waals surface area contributed by atoms with Crippen LogP contribution in [0.2, 0.25) is 5.02 Å². The van der Waals surface area contributed by atoms with Gasteiger partial charge in [0.2, 0.25) is 0 Å². The molecule has 0 N–H and O–H groups in total. The molecule has 2 aromatic heterocycles. The highest BCUT2D eigenvalue weighted by atomic mass is 35.5. The van der Waals surface area contributed by atoms with Crippen LogP contribution in [0.25, 0.3) is 16.7 Å². The van der Waals surface area contributed by atoms with Gasteiger partial charge in [0.25, 0.3) is 0 Å². The fraction of sp³-hybridized carbons (Fsp3) is 0.0952. The van der Waals surface area contributed by atoms with Crippen LogP contribution in [0.1, 0.15) is 17.0 Å². The van der Waals surface area contributed by atoms with Gasteiger partial charge in [-0.25, -0.2) is 0 Å². The molecule has 26 heavy (non-hydrogen) atoms. The highest BCUT2D eigenvalue weighted by Gasteiger charge is 2.22. The van der Waals surface area contributed by atoms with E-state index >= 15 is 0 Å². The SMILES string of the molecule is COc1ccc2oc(C3=NCc4c(Cl)cccc4-n4cccc43)cc2c1. The van der Waals surface area contributed by atoms with Crippen molar-refractivity contribution < 1.29 is 9.15 Å². The van der Waals surface area contributed by atoms with Gasteiger partial charge in [-0.15, -0.1) is 0 Å². The summed E-state index contributed by atoms with van der Waals surface area (Å²) in [5, 5.41) is 1.71. The predicted molar refractivity (Wildman–Crippen MR) is 103 cm³/mol. The minimum Gasteiger partial charge on any atom is -0.497 e. The van der Waals surface area contributed by atoms with Gasteiger partial charge in [0.15, 0.2) is 5.76 Å². The van der Waals surface area contributed by atoms with Crippen LogP contribution in [0.4, 0.5) is 0 Å². The van der Waals surface area contributed by atoms with Crippen molar-refractivity contribution >= 4 is 28.3 Å². The van der Waals surface area contributed by atoms with E-state index in [2.05, 4.69) is 10.6 Å². The van der Waals surface area contributed by atoms with E-state index in [0.29, 0.717) is 6.54 Å². The second-order valence-electron chi connectivity index (χ2n) is 6.18. The largest absolute Gasteiger partial charge is 0.497 e. The monoisotopic (exact) mass is 362 g/mol. The summed E-state index contributed by atoms with van der Waals surface area (Å²) in [6.07, 6.45) is 2.02. The molecule has 5 heteroatoms. The number of furan rings is 1. The van der Waals surface area contributed by atoms with E-state index in [9.17, 15) is 0 Å². The summed E-state index contributed by atoms with van der Waals surface area (Å²) in [6.45, 7) is 0.506. The summed E-state index contributed by atoms with van der Waals surface area (Å²) in [6, 6.07) is 17.8. The van der Waals surface area contributed by atoms with Gasteiger partial charge in [-0.05, 0) is 48.5 Å². The molecule has 128 valence electrons. The zero-order valence-corrected chi connectivity index (χ0v) is 14.8. The highest BCUT2D eigenvalue weighted by Crippen LogP contribution is 2.31. The van der Waals surface area contributed by atoms with E-state index in [-0.39, 0.29) is 0 Å². The fourth-order valence-corrected chi connectivity index (χ4v) is 3.65. The summed E-state index contributed by atoms with van der Waals surface area (Å²) in [7, 11) is 1.66. The number of benzene rings is 2. The standard InChI is InChI=1S/C21H15ClN2O2/c1-25-14-7-8-19-13(10-14)11-20(26-19)21-18-6-3-9-24(18)17-5-2-4-16(22)15(17)12-23-21/h2-11H,12H2,1H3. The molecule has 2 aromatic carbocycles. The van der Waals surface area contributed by atoms with Crippen LogP contribution in [0.3, 0.4) is 0 Å². The summed E-state index contributed by atoms with van der Waals surface area (Å²) in [5.41, 5.74) is 4.67. The van der Waals surface area contributed by atoms with Crippen molar-refractivity contribution in [2.45, 2.75) is 6.54 Å². The van der Waals surface area contributed by atoms with Gasteiger partial charge in [-0.2, -0.15) is 0 Å². The van der Waals surface area contributed by atoms with Gasteiger partial charge in [-0.3, -0.25) is 4.99 Å². The van der Waals surface area contributed by atoms with Crippen molar-refractivity contribution in [2.75, 3.05) is 7.11 Å². The molecule has 4 aromatic rings. The van der Waals surface area contributed by atoms with Gasteiger partial charge >= 0.3 is 0 Å². The van der Waals surface area contributed by atoms with Crippen LogP contribution in [0.5, 0.6) is 5.75 Å². The molecular weight excluding hydrogens is 348 g/mol. The average Bonchev–Trinajstić information content (AvgIpc) is 3.26. The zero-order chi connectivity index (χ0) is 17.7. The Morgan fingerprint density at radius 2 is 2.04 bits per heavy atom. The number of halogens is 1. The number of nitrogens with zero attached hydrogens (tertiary/aromatic N) is 2. The van der Waals surface area contributed by atoms with Crippen LogP contribution >= 0.6 is 11.6 Å². The van der Waals surface area contributed by atoms with Gasteiger partial charge in [-0.1, -0.05) is 17.7 Å². The van der Waals surface area contributed by atoms with Gasteiger partial charge in [0.05, 0.1) is 25.0 Å². The first-order chi connectivity index (χ1) is 12.7. The van der Waals surface area contributed by atoms with Crippen molar-refractivity contribution in [3.8, 4) is 11.4 Å². The van der Waals surface area contributed by atoms with Gasteiger partial charge < -0.3 is 13.7 Å². The molecule has 0 unspecified atom stereocenters. The maximum Gasteiger partial charge on any atom is 0.155 e. The Kier molecular flexibility index (Phi) is 3.40. The van der Waals surface area contributed by atoms with E-state index < -0.39 is 0 Å². The molecule has 3 heterocycles. The Labute approximate surface area is 155 Å². The fourth-order valence-electron chi connectivity index (χ4n) is 3.42. The van der Waals surface area contributed by atoms with Crippen molar-refractivity contribution in [1.29, 1.82) is 0 Å². The molecular formula is C21H15ClN2O2. The number of methoxy groups -OCH3 is 1. The molecule has 0 fully saturated rings. The quantitative estimate of drug-likeness (QED) is 0.489. The second-order valence-corrected chi connectivity index (χ2v) is 6.59. The minimum atomic E-state index is 0.506. The zero-order valence-electron chi connectivity index (χ0n) is 14.1. The topological polar surface area (TPSA) is 39.7 Å². The molecule has 0 spiro atoms.